The minimum Gasteiger partial charge on any atom is -0.492 e. The van der Waals surface area contributed by atoms with Crippen LogP contribution in [-0.2, 0) is 4.79 Å². The van der Waals surface area contributed by atoms with Gasteiger partial charge in [0.05, 0.1) is 12.1 Å². The monoisotopic (exact) mass is 425 g/mol. The van der Waals surface area contributed by atoms with Crippen LogP contribution in [-0.4, -0.2) is 61.5 Å². The van der Waals surface area contributed by atoms with Gasteiger partial charge in [0.2, 0.25) is 11.8 Å². The number of unbranched alkanes of at least 4 members (excludes halogenated alkanes) is 4. The molecule has 162 valence electrons. The molecule has 2 saturated heterocycles. The number of aromatic hydroxyl groups is 2. The topological polar surface area (TPSA) is 104 Å². The van der Waals surface area contributed by atoms with Crippen LogP contribution in [0.1, 0.15) is 58.3 Å². The lowest BCUT2D eigenvalue weighted by molar-refractivity contribution is -0.145. The molecule has 0 aromatic carbocycles. The summed E-state index contributed by atoms with van der Waals surface area (Å²) in [5, 5.41) is 22.5. The van der Waals surface area contributed by atoms with E-state index in [0.717, 1.165) is 38.0 Å². The van der Waals surface area contributed by atoms with E-state index >= 15 is 0 Å². The summed E-state index contributed by atoms with van der Waals surface area (Å²) in [4.78, 5) is 31.2. The van der Waals surface area contributed by atoms with Crippen LogP contribution in [0.5, 0.6) is 11.8 Å². The molecule has 0 bridgehead atoms. The zero-order chi connectivity index (χ0) is 20.8. The third kappa shape index (κ3) is 5.32. The quantitative estimate of drug-likeness (QED) is 0.372. The molecule has 3 N–H and O–H groups in total. The smallest absolute Gasteiger partial charge is 0.333 e. The summed E-state index contributed by atoms with van der Waals surface area (Å²) in [6.45, 7) is 3.00. The van der Waals surface area contributed by atoms with Gasteiger partial charge in [-0.15, -0.1) is 4.73 Å². The maximum absolute atomic E-state index is 12.3. The molecule has 3 unspecified atom stereocenters. The highest BCUT2D eigenvalue weighted by Gasteiger charge is 2.47. The number of fused-ring (bicyclic) bond motifs is 1. The average molecular weight is 426 g/mol. The van der Waals surface area contributed by atoms with Crippen LogP contribution >= 0.6 is 11.8 Å². The van der Waals surface area contributed by atoms with E-state index in [2.05, 4.69) is 12.2 Å². The van der Waals surface area contributed by atoms with Gasteiger partial charge in [0.15, 0.2) is 0 Å². The zero-order valence-corrected chi connectivity index (χ0v) is 17.7. The number of urea groups is 1. The van der Waals surface area contributed by atoms with Crippen LogP contribution in [0.2, 0.25) is 0 Å². The second-order valence-electron chi connectivity index (χ2n) is 7.73. The highest BCUT2D eigenvalue weighted by atomic mass is 32.2. The predicted octanol–water partition coefficient (Wildman–Crippen LogP) is 2.87. The van der Waals surface area contributed by atoms with E-state index in [1.165, 1.54) is 25.0 Å². The average Bonchev–Trinajstić information content (AvgIpc) is 3.32. The largest absolute Gasteiger partial charge is 0.492 e. The fraction of sp³-hybridized carbons (Fsp3) is 0.700. The van der Waals surface area contributed by atoms with Gasteiger partial charge in [-0.05, 0) is 19.3 Å². The first-order valence-corrected chi connectivity index (χ1v) is 11.6. The van der Waals surface area contributed by atoms with Gasteiger partial charge in [0.1, 0.15) is 0 Å². The second kappa shape index (κ2) is 10.1. The molecule has 1 aromatic heterocycles. The van der Waals surface area contributed by atoms with Crippen molar-refractivity contribution in [2.45, 2.75) is 75.6 Å². The molecule has 3 atom stereocenters. The maximum atomic E-state index is 12.3. The molecule has 3 rings (SSSR count). The molecule has 0 saturated carbocycles. The summed E-state index contributed by atoms with van der Waals surface area (Å²) >= 11 is 1.91. The van der Waals surface area contributed by atoms with Crippen LogP contribution in [0.3, 0.4) is 0 Å². The van der Waals surface area contributed by atoms with E-state index in [1.54, 1.807) is 0 Å². The Morgan fingerprint density at radius 3 is 2.69 bits per heavy atom. The number of rotatable bonds is 11. The van der Waals surface area contributed by atoms with Gasteiger partial charge in [-0.3, -0.25) is 0 Å². The summed E-state index contributed by atoms with van der Waals surface area (Å²) < 4.78 is 0.714. The third-order valence-electron chi connectivity index (χ3n) is 5.58. The minimum absolute atomic E-state index is 0.0664. The fourth-order valence-corrected chi connectivity index (χ4v) is 5.68. The minimum atomic E-state index is -0.501. The Hall–Kier alpha value is -2.03. The molecule has 3 heterocycles. The van der Waals surface area contributed by atoms with E-state index in [0.29, 0.717) is 16.4 Å². The van der Waals surface area contributed by atoms with E-state index < -0.39 is 5.97 Å². The van der Waals surface area contributed by atoms with Gasteiger partial charge < -0.3 is 25.3 Å². The number of hydrogen-bond acceptors (Lipinski definition) is 6. The molecule has 9 heteroatoms. The molecule has 8 nitrogen and oxygen atoms in total. The molecule has 2 aliphatic heterocycles. The molecule has 29 heavy (non-hydrogen) atoms. The Balaban J connectivity index is 1.41. The van der Waals surface area contributed by atoms with Crippen molar-refractivity contribution < 1.29 is 24.6 Å². The molecular formula is C20H31N3O5S. The van der Waals surface area contributed by atoms with Gasteiger partial charge in [0, 0.05) is 36.1 Å². The highest BCUT2D eigenvalue weighted by molar-refractivity contribution is 8.00. The molecule has 0 aliphatic carbocycles. The Morgan fingerprint density at radius 1 is 1.21 bits per heavy atom. The predicted molar refractivity (Wildman–Crippen MR) is 111 cm³/mol. The van der Waals surface area contributed by atoms with Crippen LogP contribution in [0.4, 0.5) is 4.79 Å². The lowest BCUT2D eigenvalue weighted by Crippen LogP contribution is -2.41. The van der Waals surface area contributed by atoms with E-state index in [4.69, 9.17) is 4.84 Å². The zero-order valence-electron chi connectivity index (χ0n) is 16.9. The lowest BCUT2D eigenvalue weighted by atomic mass is 10.0. The van der Waals surface area contributed by atoms with E-state index in [1.807, 2.05) is 16.7 Å². The number of hydrogen-bond donors (Lipinski definition) is 3. The Kier molecular flexibility index (Phi) is 7.57. The number of carbonyl (C=O) groups excluding carboxylic acids is 2. The van der Waals surface area contributed by atoms with Crippen molar-refractivity contribution in [1.29, 1.82) is 0 Å². The first-order chi connectivity index (χ1) is 14.0. The van der Waals surface area contributed by atoms with Crippen molar-refractivity contribution in [3.63, 3.8) is 0 Å². The van der Waals surface area contributed by atoms with Crippen LogP contribution < -0.4 is 10.2 Å². The molecule has 2 amide bonds. The molecule has 0 radical (unpaired) electrons. The maximum Gasteiger partial charge on any atom is 0.333 e. The summed E-state index contributed by atoms with van der Waals surface area (Å²) in [5.74, 6) is -0.192. The van der Waals surface area contributed by atoms with Crippen molar-refractivity contribution in [3.05, 3.63) is 12.1 Å². The van der Waals surface area contributed by atoms with Crippen molar-refractivity contribution in [3.8, 4) is 11.8 Å². The molecule has 0 spiro atoms. The highest BCUT2D eigenvalue weighted by Crippen LogP contribution is 2.37. The number of nitrogens with zero attached hydrogens (tertiary/aromatic N) is 2. The van der Waals surface area contributed by atoms with Crippen molar-refractivity contribution in [1.82, 2.24) is 14.9 Å². The SMILES string of the molecule is CCCCCCN1C(=O)NC2CSC(CCCCC(=O)On3c(O)ccc3O)C21. The number of nitrogens with one attached hydrogen (secondary N) is 1. The van der Waals surface area contributed by atoms with Gasteiger partial charge in [-0.1, -0.05) is 32.6 Å². The first-order valence-electron chi connectivity index (χ1n) is 10.5. The molecule has 2 aliphatic rings. The second-order valence-corrected chi connectivity index (χ2v) is 9.00. The summed E-state index contributed by atoms with van der Waals surface area (Å²) in [6, 6.07) is 3.04. The van der Waals surface area contributed by atoms with Crippen LogP contribution in [0.25, 0.3) is 0 Å². The lowest BCUT2D eigenvalue weighted by Gasteiger charge is -2.27. The standard InChI is InChI=1S/C20H31N3O5S/c1-2-3-4-7-12-22-19-14(21-20(22)27)13-29-15(19)8-5-6-9-18(26)28-23-16(24)10-11-17(23)25/h10-11,14-15,19,24-25H,2-9,12-13H2,1H3,(H,21,27). The van der Waals surface area contributed by atoms with Crippen molar-refractivity contribution >= 4 is 23.8 Å². The number of carbonyl (C=O) groups is 2. The van der Waals surface area contributed by atoms with Gasteiger partial charge in [-0.2, -0.15) is 11.8 Å². The Morgan fingerprint density at radius 2 is 1.97 bits per heavy atom. The number of amides is 2. The van der Waals surface area contributed by atoms with E-state index in [9.17, 15) is 19.8 Å². The number of thioether (sulfide) groups is 1. The molecule has 2 fully saturated rings. The van der Waals surface area contributed by atoms with E-state index in [-0.39, 0.29) is 36.3 Å². The third-order valence-corrected chi connectivity index (χ3v) is 7.07. The summed E-state index contributed by atoms with van der Waals surface area (Å²) in [5.41, 5.74) is 0. The fourth-order valence-electron chi connectivity index (χ4n) is 4.08. The van der Waals surface area contributed by atoms with Gasteiger partial charge in [-0.25, -0.2) is 9.59 Å². The Labute approximate surface area is 175 Å². The van der Waals surface area contributed by atoms with Gasteiger partial charge in [0.25, 0.3) is 0 Å². The van der Waals surface area contributed by atoms with Crippen LogP contribution in [0, 0.1) is 0 Å². The normalized spacial score (nSPS) is 23.3. The van der Waals surface area contributed by atoms with Gasteiger partial charge >= 0.3 is 12.0 Å². The molecular weight excluding hydrogens is 394 g/mol. The summed E-state index contributed by atoms with van der Waals surface area (Å²) in [6.07, 6.45) is 7.27. The molecule has 1 aromatic rings. The summed E-state index contributed by atoms with van der Waals surface area (Å²) in [7, 11) is 0. The van der Waals surface area contributed by atoms with Crippen molar-refractivity contribution in [2.24, 2.45) is 0 Å². The van der Waals surface area contributed by atoms with Crippen molar-refractivity contribution in [2.75, 3.05) is 12.3 Å². The van der Waals surface area contributed by atoms with Crippen LogP contribution in [0.15, 0.2) is 12.1 Å². The Bertz CT molecular complexity index is 691. The number of aromatic nitrogens is 1. The first kappa shape index (κ1) is 21.7.